The van der Waals surface area contributed by atoms with Gasteiger partial charge in [0.1, 0.15) is 0 Å². The fraction of sp³-hybridized carbons (Fsp3) is 0.0556. The summed E-state index contributed by atoms with van der Waals surface area (Å²) >= 11 is 0. The van der Waals surface area contributed by atoms with Crippen LogP contribution in [0.2, 0.25) is 0 Å². The zero-order chi connectivity index (χ0) is 31.6. The van der Waals surface area contributed by atoms with Crippen molar-refractivity contribution in [2.24, 2.45) is 0 Å². The molecule has 0 fully saturated rings. The number of ether oxygens (including phenoxy) is 1. The second-order valence-corrected chi connectivity index (χ2v) is 9.74. The third-order valence-corrected chi connectivity index (χ3v) is 6.72. The second kappa shape index (κ2) is 14.3. The number of benzene rings is 3. The summed E-state index contributed by atoms with van der Waals surface area (Å²) < 4.78 is 8.04. The van der Waals surface area contributed by atoms with Gasteiger partial charge in [-0.25, -0.2) is 0 Å². The molecule has 2 amide bonds. The summed E-state index contributed by atoms with van der Waals surface area (Å²) in [6, 6.07) is 33.1. The maximum Gasteiger partial charge on any atom is 0.351 e. The highest BCUT2D eigenvalue weighted by atomic mass is 16.5. The molecule has 0 radical (unpaired) electrons. The standard InChI is InChI=1S/C36H30N4O5/c1-2-45-36(44)32(35(43)38-30-16-10-5-11-17-30)40-24-20-27(21-25-40)26-18-22-39(23-19-26)31(33(41)28-12-6-3-7-13-28)34(42)37-29-14-8-4-9-15-29/h3-25H,2H2,1H3,(H,37,42)(H,38,43). The Morgan fingerprint density at radius 1 is 0.578 bits per heavy atom. The molecule has 0 saturated carbocycles. The van der Waals surface area contributed by atoms with Crippen LogP contribution in [-0.2, 0) is 19.1 Å². The van der Waals surface area contributed by atoms with Crippen LogP contribution < -0.4 is 19.8 Å². The number of nitrogens with zero attached hydrogens (tertiary/aromatic N) is 2. The molecule has 2 aromatic heterocycles. The van der Waals surface area contributed by atoms with Crippen molar-refractivity contribution >= 4 is 34.9 Å². The quantitative estimate of drug-likeness (QED) is 0.0770. The third-order valence-electron chi connectivity index (χ3n) is 6.72. The molecule has 0 atom stereocenters. The molecule has 224 valence electrons. The second-order valence-electron chi connectivity index (χ2n) is 9.74. The summed E-state index contributed by atoms with van der Waals surface area (Å²) in [5.74, 6) is -2.36. The molecule has 0 spiro atoms. The fourth-order valence-electron chi connectivity index (χ4n) is 4.54. The van der Waals surface area contributed by atoms with E-state index < -0.39 is 23.6 Å². The minimum atomic E-state index is -0.760. The Bertz CT molecular complexity index is 1760. The molecule has 45 heavy (non-hydrogen) atoms. The minimum Gasteiger partial charge on any atom is -0.467 e. The number of rotatable bonds is 11. The lowest BCUT2D eigenvalue weighted by atomic mass is 10.0. The van der Waals surface area contributed by atoms with Crippen LogP contribution in [-0.4, -0.2) is 30.2 Å². The van der Waals surface area contributed by atoms with Crippen LogP contribution >= 0.6 is 0 Å². The van der Waals surface area contributed by atoms with Gasteiger partial charge in [0.15, 0.2) is 5.78 Å². The maximum absolute atomic E-state index is 13.5. The summed E-state index contributed by atoms with van der Waals surface area (Å²) in [7, 11) is 0. The molecule has 2 N–H and O–H groups in total. The lowest BCUT2D eigenvalue weighted by Crippen LogP contribution is -2.51. The van der Waals surface area contributed by atoms with Gasteiger partial charge >= 0.3 is 5.97 Å². The van der Waals surface area contributed by atoms with E-state index in [1.54, 1.807) is 135 Å². The highest BCUT2D eigenvalue weighted by Crippen LogP contribution is 2.19. The summed E-state index contributed by atoms with van der Waals surface area (Å²) in [4.78, 5) is 52.7. The van der Waals surface area contributed by atoms with Crippen LogP contribution in [0.3, 0.4) is 0 Å². The Kier molecular flexibility index (Phi) is 9.61. The van der Waals surface area contributed by atoms with Crippen molar-refractivity contribution in [1.82, 2.24) is 0 Å². The molecule has 9 nitrogen and oxygen atoms in total. The predicted octanol–water partition coefficient (Wildman–Crippen LogP) is 4.41. The third kappa shape index (κ3) is 7.41. The summed E-state index contributed by atoms with van der Waals surface area (Å²) in [5.41, 5.74) is 3.03. The van der Waals surface area contributed by atoms with Crippen LogP contribution in [0.1, 0.15) is 17.3 Å². The number of anilines is 2. The van der Waals surface area contributed by atoms with E-state index in [-0.39, 0.29) is 18.7 Å². The first-order valence-corrected chi connectivity index (χ1v) is 14.2. The van der Waals surface area contributed by atoms with Crippen LogP contribution in [0.5, 0.6) is 0 Å². The number of ketones is 1. The topological polar surface area (TPSA) is 109 Å². The summed E-state index contributed by atoms with van der Waals surface area (Å²) in [6.07, 6.45) is 6.47. The molecule has 3 aromatic carbocycles. The highest BCUT2D eigenvalue weighted by molar-refractivity contribution is 6.23. The number of Topliss-reactive ketones (excluding diaryl/α,β-unsaturated/α-hetero) is 1. The monoisotopic (exact) mass is 598 g/mol. The van der Waals surface area contributed by atoms with Crippen LogP contribution in [0.25, 0.3) is 11.1 Å². The average Bonchev–Trinajstić information content (AvgIpc) is 3.07. The highest BCUT2D eigenvalue weighted by Gasteiger charge is 2.32. The van der Waals surface area contributed by atoms with E-state index in [0.717, 1.165) is 11.1 Å². The minimum absolute atomic E-state index is 0.0689. The normalized spacial score (nSPS) is 10.3. The molecule has 5 rings (SSSR count). The molecule has 9 heteroatoms. The summed E-state index contributed by atoms with van der Waals surface area (Å²) in [6.45, 7) is 1.78. The number of nitrogens with one attached hydrogen (secondary N) is 2. The van der Waals surface area contributed by atoms with Gasteiger partial charge in [-0.1, -0.05) is 66.7 Å². The van der Waals surface area contributed by atoms with E-state index in [0.29, 0.717) is 16.9 Å². The molecule has 0 aliphatic rings. The zero-order valence-corrected chi connectivity index (χ0v) is 24.4. The van der Waals surface area contributed by atoms with Crippen LogP contribution in [0, 0.1) is 12.1 Å². The van der Waals surface area contributed by atoms with Crippen molar-refractivity contribution in [2.45, 2.75) is 6.92 Å². The zero-order valence-electron chi connectivity index (χ0n) is 24.4. The average molecular weight is 599 g/mol. The van der Waals surface area contributed by atoms with E-state index in [9.17, 15) is 19.2 Å². The number of pyridine rings is 2. The van der Waals surface area contributed by atoms with Gasteiger partial charge in [-0.05, 0) is 72.1 Å². The number of aromatic nitrogens is 2. The fourth-order valence-corrected chi connectivity index (χ4v) is 4.54. The first-order chi connectivity index (χ1) is 21.9. The first-order valence-electron chi connectivity index (χ1n) is 14.2. The van der Waals surface area contributed by atoms with E-state index >= 15 is 0 Å². The van der Waals surface area contributed by atoms with Gasteiger partial charge in [-0.3, -0.25) is 19.0 Å². The Morgan fingerprint density at radius 2 is 0.978 bits per heavy atom. The lowest BCUT2D eigenvalue weighted by molar-refractivity contribution is -0.641. The number of carbonyl (C=O) groups is 4. The predicted molar refractivity (Wildman–Crippen MR) is 167 cm³/mol. The Morgan fingerprint density at radius 3 is 1.42 bits per heavy atom. The summed E-state index contributed by atoms with van der Waals surface area (Å²) in [5, 5.41) is 5.53. The number of hydrogen-bond acceptors (Lipinski definition) is 5. The van der Waals surface area contributed by atoms with Crippen LogP contribution in [0.4, 0.5) is 11.4 Å². The van der Waals surface area contributed by atoms with Gasteiger partial charge < -0.3 is 24.7 Å². The van der Waals surface area contributed by atoms with E-state index in [4.69, 9.17) is 4.74 Å². The van der Waals surface area contributed by atoms with Crippen molar-refractivity contribution in [3.8, 4) is 11.1 Å². The van der Waals surface area contributed by atoms with Crippen molar-refractivity contribution in [2.75, 3.05) is 17.2 Å². The van der Waals surface area contributed by atoms with Gasteiger partial charge in [0.05, 0.1) is 31.4 Å². The van der Waals surface area contributed by atoms with E-state index in [1.165, 1.54) is 9.13 Å². The van der Waals surface area contributed by atoms with Gasteiger partial charge in [-0.2, -0.15) is 0 Å². The molecule has 0 bridgehead atoms. The molecule has 5 aromatic rings. The van der Waals surface area contributed by atoms with Crippen molar-refractivity contribution in [3.63, 3.8) is 0 Å². The Balaban J connectivity index is 1.39. The van der Waals surface area contributed by atoms with Gasteiger partial charge in [-0.15, -0.1) is 0 Å². The smallest absolute Gasteiger partial charge is 0.351 e. The molecule has 0 unspecified atom stereocenters. The number of hydrogen-bond donors (Lipinski definition) is 2. The molecular weight excluding hydrogens is 568 g/mol. The van der Waals surface area contributed by atoms with Gasteiger partial charge in [0.2, 0.25) is 6.04 Å². The van der Waals surface area contributed by atoms with Crippen LogP contribution in [0.15, 0.2) is 140 Å². The number of amides is 2. The first kappa shape index (κ1) is 30.2. The van der Waals surface area contributed by atoms with Gasteiger partial charge in [0.25, 0.3) is 17.9 Å². The number of carbonyl (C=O) groups excluding carboxylic acids is 4. The maximum atomic E-state index is 13.5. The molecule has 0 aliphatic carbocycles. The molecule has 0 saturated heterocycles. The lowest BCUT2D eigenvalue weighted by Gasteiger charge is -2.18. The SMILES string of the molecule is CCOC(=O)[C-](C(=O)Nc1ccccc1)[n+]1ccc(-c2cc[n+]([C-](C(=O)Nc3ccccc3)C(=O)c3ccccc3)cc2)cc1. The van der Waals surface area contributed by atoms with Crippen molar-refractivity contribution < 1.29 is 33.0 Å². The Hall–Kier alpha value is -6.22. The molecular formula is C36H30N4O5. The number of esters is 1. The van der Waals surface area contributed by atoms with E-state index in [1.807, 2.05) is 12.1 Å². The Labute approximate surface area is 260 Å². The van der Waals surface area contributed by atoms with E-state index in [2.05, 4.69) is 10.6 Å². The van der Waals surface area contributed by atoms with Gasteiger partial charge in [0, 0.05) is 11.4 Å². The molecule has 0 aliphatic heterocycles. The molecule has 2 heterocycles. The van der Waals surface area contributed by atoms with Crippen molar-refractivity contribution in [1.29, 1.82) is 0 Å². The van der Waals surface area contributed by atoms with Crippen molar-refractivity contribution in [3.05, 3.63) is 158 Å². The largest absolute Gasteiger partial charge is 0.467 e. The number of para-hydroxylation sites is 2.